The topological polar surface area (TPSA) is 38.3 Å². The lowest BCUT2D eigenvalue weighted by atomic mass is 9.84. The van der Waals surface area contributed by atoms with Gasteiger partial charge < -0.3 is 10.1 Å². The lowest BCUT2D eigenvalue weighted by Crippen LogP contribution is -2.34. The molecule has 0 saturated carbocycles. The zero-order chi connectivity index (χ0) is 14.5. The summed E-state index contributed by atoms with van der Waals surface area (Å²) in [7, 11) is 1.36. The normalized spacial score (nSPS) is 11.4. The molecule has 0 aliphatic rings. The molecule has 0 aliphatic heterocycles. The number of carbonyl (C=O) groups excluding carboxylic acids is 1. The number of hydrogen-bond acceptors (Lipinski definition) is 3. The molecule has 106 valence electrons. The second-order valence-corrected chi connectivity index (χ2v) is 5.93. The van der Waals surface area contributed by atoms with E-state index in [0.29, 0.717) is 25.1 Å². The van der Waals surface area contributed by atoms with Gasteiger partial charge in [0.15, 0.2) is 0 Å². The standard InChI is InChI=1S/C14H19BrFNO2/c1-14(2,9-17-7-6-13(18)19-3)11-8-10(15)4-5-12(11)16/h4-5,8,17H,6-7,9H2,1-3H3. The molecule has 0 radical (unpaired) electrons. The van der Waals surface area contributed by atoms with Gasteiger partial charge in [0, 0.05) is 23.0 Å². The highest BCUT2D eigenvalue weighted by molar-refractivity contribution is 9.10. The second-order valence-electron chi connectivity index (χ2n) is 5.01. The molecule has 19 heavy (non-hydrogen) atoms. The van der Waals surface area contributed by atoms with Crippen LogP contribution in [0.4, 0.5) is 4.39 Å². The molecule has 1 aromatic carbocycles. The van der Waals surface area contributed by atoms with Crippen molar-refractivity contribution in [3.8, 4) is 0 Å². The molecule has 5 heteroatoms. The Kier molecular flexibility index (Phi) is 5.94. The first kappa shape index (κ1) is 16.1. The molecule has 0 unspecified atom stereocenters. The minimum Gasteiger partial charge on any atom is -0.469 e. The van der Waals surface area contributed by atoms with Crippen LogP contribution < -0.4 is 5.32 Å². The van der Waals surface area contributed by atoms with Crippen LogP contribution in [-0.4, -0.2) is 26.2 Å². The Hall–Kier alpha value is -0.940. The number of rotatable bonds is 6. The summed E-state index contributed by atoms with van der Waals surface area (Å²) in [5.74, 6) is -0.470. The van der Waals surface area contributed by atoms with E-state index in [1.54, 1.807) is 12.1 Å². The largest absolute Gasteiger partial charge is 0.469 e. The third-order valence-corrected chi connectivity index (χ3v) is 3.45. The van der Waals surface area contributed by atoms with Crippen LogP contribution in [0.3, 0.4) is 0 Å². The van der Waals surface area contributed by atoms with Crippen molar-refractivity contribution in [1.29, 1.82) is 0 Å². The minimum atomic E-state index is -0.357. The van der Waals surface area contributed by atoms with Crippen molar-refractivity contribution in [3.63, 3.8) is 0 Å². The molecule has 3 nitrogen and oxygen atoms in total. The highest BCUT2D eigenvalue weighted by Gasteiger charge is 2.24. The average molecular weight is 332 g/mol. The van der Waals surface area contributed by atoms with Crippen molar-refractivity contribution in [2.24, 2.45) is 0 Å². The fraction of sp³-hybridized carbons (Fsp3) is 0.500. The highest BCUT2D eigenvalue weighted by atomic mass is 79.9. The van der Waals surface area contributed by atoms with Gasteiger partial charge in [0.05, 0.1) is 13.5 Å². The Bertz CT molecular complexity index is 449. The summed E-state index contributed by atoms with van der Waals surface area (Å²) in [6, 6.07) is 4.92. The second kappa shape index (κ2) is 7.01. The lowest BCUT2D eigenvalue weighted by Gasteiger charge is -2.26. The summed E-state index contributed by atoms with van der Waals surface area (Å²) in [6.45, 7) is 5.02. The summed E-state index contributed by atoms with van der Waals surface area (Å²) in [6.07, 6.45) is 0.313. The molecular weight excluding hydrogens is 313 g/mol. The van der Waals surface area contributed by atoms with E-state index in [4.69, 9.17) is 0 Å². The average Bonchev–Trinajstić information content (AvgIpc) is 2.37. The summed E-state index contributed by atoms with van der Waals surface area (Å²) >= 11 is 3.35. The van der Waals surface area contributed by atoms with Crippen molar-refractivity contribution in [2.45, 2.75) is 25.7 Å². The Labute approximate surface area is 121 Å². The summed E-state index contributed by atoms with van der Waals surface area (Å²) in [5, 5.41) is 3.15. The smallest absolute Gasteiger partial charge is 0.306 e. The van der Waals surface area contributed by atoms with Gasteiger partial charge in [0.25, 0.3) is 0 Å². The van der Waals surface area contributed by atoms with Crippen molar-refractivity contribution in [2.75, 3.05) is 20.2 Å². The van der Waals surface area contributed by atoms with E-state index < -0.39 is 0 Å². The number of carbonyl (C=O) groups is 1. The fourth-order valence-electron chi connectivity index (χ4n) is 1.80. The van der Waals surface area contributed by atoms with E-state index in [1.165, 1.54) is 13.2 Å². The molecule has 0 atom stereocenters. The van der Waals surface area contributed by atoms with Crippen LogP contribution in [0.15, 0.2) is 22.7 Å². The van der Waals surface area contributed by atoms with Crippen LogP contribution >= 0.6 is 15.9 Å². The van der Waals surface area contributed by atoms with Crippen LogP contribution in [0.25, 0.3) is 0 Å². The number of nitrogens with one attached hydrogen (secondary N) is 1. The first-order valence-electron chi connectivity index (χ1n) is 6.10. The molecule has 1 rings (SSSR count). The van der Waals surface area contributed by atoms with Gasteiger partial charge in [0.1, 0.15) is 5.82 Å². The number of ether oxygens (including phenoxy) is 1. The molecule has 0 fully saturated rings. The van der Waals surface area contributed by atoms with Crippen molar-refractivity contribution in [1.82, 2.24) is 5.32 Å². The fourth-order valence-corrected chi connectivity index (χ4v) is 2.17. The van der Waals surface area contributed by atoms with Crippen LogP contribution in [-0.2, 0) is 14.9 Å². The van der Waals surface area contributed by atoms with Gasteiger partial charge in [-0.2, -0.15) is 0 Å². The van der Waals surface area contributed by atoms with Crippen LogP contribution in [0.1, 0.15) is 25.8 Å². The molecule has 0 aliphatic carbocycles. The van der Waals surface area contributed by atoms with Gasteiger partial charge in [-0.05, 0) is 23.8 Å². The van der Waals surface area contributed by atoms with Crippen molar-refractivity contribution < 1.29 is 13.9 Å². The molecule has 1 N–H and O–H groups in total. The SMILES string of the molecule is COC(=O)CCNCC(C)(C)c1cc(Br)ccc1F. The summed E-state index contributed by atoms with van der Waals surface area (Å²) in [5.41, 5.74) is 0.289. The maximum absolute atomic E-state index is 13.8. The number of hydrogen-bond donors (Lipinski definition) is 1. The Morgan fingerprint density at radius 3 is 2.79 bits per heavy atom. The Morgan fingerprint density at radius 2 is 2.16 bits per heavy atom. The minimum absolute atomic E-state index is 0.219. The van der Waals surface area contributed by atoms with Gasteiger partial charge in [-0.3, -0.25) is 4.79 Å². The molecule has 0 heterocycles. The van der Waals surface area contributed by atoms with Crippen LogP contribution in [0.5, 0.6) is 0 Å². The number of halogens is 2. The monoisotopic (exact) mass is 331 g/mol. The first-order chi connectivity index (χ1) is 8.86. The summed E-state index contributed by atoms with van der Waals surface area (Å²) in [4.78, 5) is 11.0. The van der Waals surface area contributed by atoms with E-state index in [9.17, 15) is 9.18 Å². The molecule has 1 aromatic rings. The van der Waals surface area contributed by atoms with Gasteiger partial charge in [-0.15, -0.1) is 0 Å². The highest BCUT2D eigenvalue weighted by Crippen LogP contribution is 2.27. The van der Waals surface area contributed by atoms with E-state index in [-0.39, 0.29) is 17.2 Å². The van der Waals surface area contributed by atoms with E-state index in [0.717, 1.165) is 4.47 Å². The molecular formula is C14H19BrFNO2. The van der Waals surface area contributed by atoms with Gasteiger partial charge in [0.2, 0.25) is 0 Å². The first-order valence-corrected chi connectivity index (χ1v) is 6.89. The van der Waals surface area contributed by atoms with E-state index in [1.807, 2.05) is 13.8 Å². The van der Waals surface area contributed by atoms with Gasteiger partial charge >= 0.3 is 5.97 Å². The van der Waals surface area contributed by atoms with Crippen LogP contribution in [0, 0.1) is 5.82 Å². The summed E-state index contributed by atoms with van der Waals surface area (Å²) < 4.78 is 19.2. The number of esters is 1. The maximum Gasteiger partial charge on any atom is 0.306 e. The zero-order valence-electron chi connectivity index (χ0n) is 11.4. The quantitative estimate of drug-likeness (QED) is 0.643. The predicted molar refractivity (Wildman–Crippen MR) is 76.6 cm³/mol. The van der Waals surface area contributed by atoms with Crippen LogP contribution in [0.2, 0.25) is 0 Å². The molecule has 0 saturated heterocycles. The Balaban J connectivity index is 2.60. The van der Waals surface area contributed by atoms with E-state index in [2.05, 4.69) is 26.0 Å². The Morgan fingerprint density at radius 1 is 1.47 bits per heavy atom. The zero-order valence-corrected chi connectivity index (χ0v) is 13.0. The van der Waals surface area contributed by atoms with Gasteiger partial charge in [-0.25, -0.2) is 4.39 Å². The van der Waals surface area contributed by atoms with E-state index >= 15 is 0 Å². The lowest BCUT2D eigenvalue weighted by molar-refractivity contribution is -0.140. The molecule has 0 bridgehead atoms. The molecule has 0 aromatic heterocycles. The third kappa shape index (κ3) is 4.91. The number of methoxy groups -OCH3 is 1. The van der Waals surface area contributed by atoms with Crippen molar-refractivity contribution in [3.05, 3.63) is 34.1 Å². The molecule has 0 amide bonds. The van der Waals surface area contributed by atoms with Gasteiger partial charge in [-0.1, -0.05) is 29.8 Å². The van der Waals surface area contributed by atoms with Crippen molar-refractivity contribution >= 4 is 21.9 Å². The third-order valence-electron chi connectivity index (χ3n) is 2.96. The maximum atomic E-state index is 13.8. The molecule has 0 spiro atoms. The number of benzene rings is 1. The predicted octanol–water partition coefficient (Wildman–Crippen LogP) is 3.02.